The van der Waals surface area contributed by atoms with Crippen LogP contribution in [0.4, 0.5) is 5.82 Å². The highest BCUT2D eigenvalue weighted by Gasteiger charge is 2.22. The quantitative estimate of drug-likeness (QED) is 0.265. The Hall–Kier alpha value is -4.11. The van der Waals surface area contributed by atoms with Gasteiger partial charge in [-0.3, -0.25) is 4.72 Å². The molecule has 0 radical (unpaired) electrons. The van der Waals surface area contributed by atoms with E-state index in [1.807, 2.05) is 43.3 Å². The highest BCUT2D eigenvalue weighted by molar-refractivity contribution is 7.92. The third-order valence-corrected chi connectivity index (χ3v) is 7.20. The topological polar surface area (TPSA) is 111 Å². The fourth-order valence-corrected chi connectivity index (χ4v) is 4.72. The number of nitrogens with zero attached hydrogens (tertiary/aromatic N) is 2. The van der Waals surface area contributed by atoms with E-state index in [2.05, 4.69) is 35.5 Å². The van der Waals surface area contributed by atoms with Crippen LogP contribution >= 0.6 is 0 Å². The summed E-state index contributed by atoms with van der Waals surface area (Å²) in [7, 11) is -3.94. The fourth-order valence-electron chi connectivity index (χ4n) is 3.70. The van der Waals surface area contributed by atoms with Crippen LogP contribution < -0.4 is 14.2 Å². The number of phenolic OH excluding ortho intramolecular Hbond substituents is 1. The van der Waals surface area contributed by atoms with E-state index in [9.17, 15) is 13.5 Å². The third-order valence-electron chi connectivity index (χ3n) is 5.84. The molecular formula is C29H31N3O5S. The Morgan fingerprint density at radius 1 is 0.842 bits per heavy atom. The van der Waals surface area contributed by atoms with Crippen molar-refractivity contribution in [1.82, 2.24) is 9.97 Å². The molecule has 0 aliphatic rings. The fraction of sp³-hybridized carbons (Fsp3) is 0.241. The van der Waals surface area contributed by atoms with Crippen LogP contribution in [0.1, 0.15) is 31.9 Å². The van der Waals surface area contributed by atoms with Crippen LogP contribution in [0.15, 0.2) is 84.0 Å². The molecular weight excluding hydrogens is 502 g/mol. The number of nitrogens with one attached hydrogen (secondary N) is 1. The molecule has 9 heteroatoms. The highest BCUT2D eigenvalue weighted by atomic mass is 32.2. The van der Waals surface area contributed by atoms with Gasteiger partial charge >= 0.3 is 0 Å². The van der Waals surface area contributed by atoms with Crippen LogP contribution in [-0.4, -0.2) is 36.7 Å². The second-order valence-corrected chi connectivity index (χ2v) is 11.5. The molecule has 4 aromatic rings. The van der Waals surface area contributed by atoms with Crippen LogP contribution in [-0.2, 0) is 15.4 Å². The Bertz CT molecular complexity index is 1480. The molecule has 0 aliphatic carbocycles. The predicted octanol–water partition coefficient (Wildman–Crippen LogP) is 5.71. The average Bonchev–Trinajstić information content (AvgIpc) is 2.88. The summed E-state index contributed by atoms with van der Waals surface area (Å²) in [4.78, 5) is 8.66. The minimum atomic E-state index is -3.94. The molecule has 3 aromatic carbocycles. The number of aryl methyl sites for hydroxylation is 1. The standard InChI is InChI=1S/C29H31N3O5S/c1-20-5-7-21(8-6-20)26-27(32-38(34,35)25-15-9-22(10-16-25)29(2,3)4)30-19-31-28(26)37-18-17-36-24-13-11-23(33)12-14-24/h5-16,19,33H,17-18H2,1-4H3,(H,30,31,32). The molecule has 8 nitrogen and oxygen atoms in total. The largest absolute Gasteiger partial charge is 0.508 e. The van der Waals surface area contributed by atoms with E-state index < -0.39 is 10.0 Å². The van der Waals surface area contributed by atoms with Crippen LogP contribution in [0, 0.1) is 6.92 Å². The first-order chi connectivity index (χ1) is 18.0. The number of hydrogen-bond acceptors (Lipinski definition) is 7. The van der Waals surface area contributed by atoms with Gasteiger partial charge in [0.05, 0.1) is 10.5 Å². The zero-order valence-corrected chi connectivity index (χ0v) is 22.6. The zero-order valence-electron chi connectivity index (χ0n) is 21.8. The van der Waals surface area contributed by atoms with E-state index in [0.717, 1.165) is 11.1 Å². The van der Waals surface area contributed by atoms with Gasteiger partial charge in [-0.2, -0.15) is 0 Å². The van der Waals surface area contributed by atoms with Gasteiger partial charge in [-0.15, -0.1) is 0 Å². The lowest BCUT2D eigenvalue weighted by Gasteiger charge is -2.19. The van der Waals surface area contributed by atoms with Crippen molar-refractivity contribution in [2.24, 2.45) is 0 Å². The van der Waals surface area contributed by atoms with Crippen molar-refractivity contribution in [2.45, 2.75) is 38.0 Å². The number of ether oxygens (including phenoxy) is 2. The minimum Gasteiger partial charge on any atom is -0.508 e. The highest BCUT2D eigenvalue weighted by Crippen LogP contribution is 2.35. The summed E-state index contributed by atoms with van der Waals surface area (Å²) >= 11 is 0. The van der Waals surface area contributed by atoms with Crippen LogP contribution in [0.25, 0.3) is 11.1 Å². The molecule has 0 unspecified atom stereocenters. The molecule has 0 bridgehead atoms. The van der Waals surface area contributed by atoms with E-state index in [1.165, 1.54) is 18.5 Å². The van der Waals surface area contributed by atoms with Crippen LogP contribution in [0.5, 0.6) is 17.4 Å². The minimum absolute atomic E-state index is 0.0980. The summed E-state index contributed by atoms with van der Waals surface area (Å²) in [6, 6.07) is 20.8. The van der Waals surface area contributed by atoms with Crippen molar-refractivity contribution in [1.29, 1.82) is 0 Å². The number of anilines is 1. The molecule has 1 aromatic heterocycles. The second kappa shape index (κ2) is 11.1. The van der Waals surface area contributed by atoms with Gasteiger partial charge in [0.25, 0.3) is 10.0 Å². The Balaban J connectivity index is 1.60. The number of aromatic nitrogens is 2. The predicted molar refractivity (Wildman–Crippen MR) is 147 cm³/mol. The number of aromatic hydroxyl groups is 1. The first-order valence-electron chi connectivity index (χ1n) is 12.1. The Kier molecular flexibility index (Phi) is 7.87. The van der Waals surface area contributed by atoms with Gasteiger partial charge in [-0.25, -0.2) is 18.4 Å². The van der Waals surface area contributed by atoms with E-state index in [4.69, 9.17) is 9.47 Å². The van der Waals surface area contributed by atoms with E-state index in [0.29, 0.717) is 16.9 Å². The second-order valence-electron chi connectivity index (χ2n) is 9.84. The molecule has 2 N–H and O–H groups in total. The average molecular weight is 534 g/mol. The molecule has 0 saturated heterocycles. The van der Waals surface area contributed by atoms with Crippen molar-refractivity contribution >= 4 is 15.8 Å². The monoisotopic (exact) mass is 533 g/mol. The summed E-state index contributed by atoms with van der Waals surface area (Å²) in [6.07, 6.45) is 1.26. The molecule has 198 valence electrons. The van der Waals surface area contributed by atoms with E-state index in [-0.39, 0.29) is 41.0 Å². The Morgan fingerprint density at radius 3 is 2.11 bits per heavy atom. The SMILES string of the molecule is Cc1ccc(-c2c(NS(=O)(=O)c3ccc(C(C)(C)C)cc3)ncnc2OCCOc2ccc(O)cc2)cc1. The maximum atomic E-state index is 13.3. The smallest absolute Gasteiger partial charge is 0.263 e. The summed E-state index contributed by atoms with van der Waals surface area (Å²) in [5.74, 6) is 1.06. The number of phenols is 1. The molecule has 0 saturated carbocycles. The number of sulfonamides is 1. The number of benzene rings is 3. The first kappa shape index (κ1) is 26.9. The maximum Gasteiger partial charge on any atom is 0.263 e. The zero-order chi connectivity index (χ0) is 27.3. The van der Waals surface area contributed by atoms with Crippen molar-refractivity contribution < 1.29 is 23.0 Å². The molecule has 38 heavy (non-hydrogen) atoms. The summed E-state index contributed by atoms with van der Waals surface area (Å²) in [5, 5.41) is 9.41. The summed E-state index contributed by atoms with van der Waals surface area (Å²) < 4.78 is 40.8. The Morgan fingerprint density at radius 2 is 1.47 bits per heavy atom. The Labute approximate surface area is 223 Å². The lowest BCUT2D eigenvalue weighted by Crippen LogP contribution is -2.17. The molecule has 0 amide bonds. The molecule has 0 aliphatic heterocycles. The molecule has 0 fully saturated rings. The van der Waals surface area contributed by atoms with Crippen molar-refractivity contribution in [3.63, 3.8) is 0 Å². The van der Waals surface area contributed by atoms with Crippen LogP contribution in [0.2, 0.25) is 0 Å². The van der Waals surface area contributed by atoms with Crippen molar-refractivity contribution in [2.75, 3.05) is 17.9 Å². The number of rotatable bonds is 9. The van der Waals surface area contributed by atoms with Gasteiger partial charge in [0.15, 0.2) is 5.82 Å². The molecule has 0 spiro atoms. The van der Waals surface area contributed by atoms with Crippen molar-refractivity contribution in [3.05, 3.63) is 90.3 Å². The van der Waals surface area contributed by atoms with Gasteiger partial charge in [-0.1, -0.05) is 62.7 Å². The van der Waals surface area contributed by atoms with Crippen molar-refractivity contribution in [3.8, 4) is 28.5 Å². The first-order valence-corrected chi connectivity index (χ1v) is 13.6. The maximum absolute atomic E-state index is 13.3. The normalized spacial score (nSPS) is 11.7. The summed E-state index contributed by atoms with van der Waals surface area (Å²) in [5.41, 5.74) is 3.11. The van der Waals surface area contributed by atoms with Gasteiger partial charge in [0.1, 0.15) is 31.0 Å². The van der Waals surface area contributed by atoms with Crippen LogP contribution in [0.3, 0.4) is 0 Å². The van der Waals surface area contributed by atoms with E-state index >= 15 is 0 Å². The molecule has 0 atom stereocenters. The van der Waals surface area contributed by atoms with Gasteiger partial charge in [0, 0.05) is 0 Å². The third kappa shape index (κ3) is 6.60. The lowest BCUT2D eigenvalue weighted by atomic mass is 9.87. The number of hydrogen-bond donors (Lipinski definition) is 2. The van der Waals surface area contributed by atoms with Gasteiger partial charge in [-0.05, 0) is 59.9 Å². The van der Waals surface area contributed by atoms with E-state index in [1.54, 1.807) is 24.3 Å². The molecule has 4 rings (SSSR count). The summed E-state index contributed by atoms with van der Waals surface area (Å²) in [6.45, 7) is 8.54. The van der Waals surface area contributed by atoms with Gasteiger partial charge < -0.3 is 14.6 Å². The van der Waals surface area contributed by atoms with Gasteiger partial charge in [0.2, 0.25) is 5.88 Å². The lowest BCUT2D eigenvalue weighted by molar-refractivity contribution is 0.212. The molecule has 1 heterocycles.